The van der Waals surface area contributed by atoms with E-state index in [0.717, 1.165) is 22.6 Å². The number of thiophene rings is 1. The molecule has 0 atom stereocenters. The van der Waals surface area contributed by atoms with Crippen molar-refractivity contribution in [1.82, 2.24) is 4.98 Å². The molecule has 0 aliphatic carbocycles. The van der Waals surface area contributed by atoms with Crippen molar-refractivity contribution >= 4 is 37.8 Å². The summed E-state index contributed by atoms with van der Waals surface area (Å²) in [5.74, 6) is 0. The smallest absolute Gasteiger partial charge is 0.273 e. The molecule has 0 aromatic carbocycles. The molecule has 21 heavy (non-hydrogen) atoms. The number of anilines is 1. The standard InChI is InChI=1S/C12H14N2O4S3/c1-2-8-7-13-12(20-8)14-21(15,16)11-9(3-6-19-11)10-17-4-5-18-10/h3,6-7,10H,2,4-5H2,1H3,(H,13,14). The van der Waals surface area contributed by atoms with Gasteiger partial charge in [-0.2, -0.15) is 0 Å². The van der Waals surface area contributed by atoms with E-state index in [1.165, 1.54) is 11.3 Å². The number of aromatic nitrogens is 1. The molecule has 114 valence electrons. The lowest BCUT2D eigenvalue weighted by molar-refractivity contribution is -0.0456. The predicted molar refractivity (Wildman–Crippen MR) is 81.3 cm³/mol. The van der Waals surface area contributed by atoms with Gasteiger partial charge in [0.15, 0.2) is 11.4 Å². The average molecular weight is 346 g/mol. The molecule has 3 heterocycles. The number of hydrogen-bond donors (Lipinski definition) is 1. The monoisotopic (exact) mass is 346 g/mol. The summed E-state index contributed by atoms with van der Waals surface area (Å²) in [4.78, 5) is 5.11. The zero-order valence-electron chi connectivity index (χ0n) is 11.2. The molecule has 2 aromatic heterocycles. The molecule has 1 aliphatic rings. The number of hydrogen-bond acceptors (Lipinski definition) is 7. The third-order valence-electron chi connectivity index (χ3n) is 2.90. The zero-order chi connectivity index (χ0) is 14.9. The quantitative estimate of drug-likeness (QED) is 0.900. The van der Waals surface area contributed by atoms with Gasteiger partial charge in [0.1, 0.15) is 4.21 Å². The lowest BCUT2D eigenvalue weighted by atomic mass is 10.3. The molecule has 6 nitrogen and oxygen atoms in total. The van der Waals surface area contributed by atoms with Crippen molar-refractivity contribution in [2.75, 3.05) is 17.9 Å². The van der Waals surface area contributed by atoms with Crippen molar-refractivity contribution < 1.29 is 17.9 Å². The van der Waals surface area contributed by atoms with Crippen LogP contribution in [0, 0.1) is 0 Å². The minimum absolute atomic E-state index is 0.211. The van der Waals surface area contributed by atoms with Gasteiger partial charge >= 0.3 is 0 Å². The second kappa shape index (κ2) is 6.01. The van der Waals surface area contributed by atoms with Crippen LogP contribution >= 0.6 is 22.7 Å². The molecule has 2 aromatic rings. The second-order valence-electron chi connectivity index (χ2n) is 4.33. The van der Waals surface area contributed by atoms with Crippen LogP contribution in [-0.2, 0) is 25.9 Å². The maximum atomic E-state index is 12.5. The van der Waals surface area contributed by atoms with Crippen LogP contribution in [-0.4, -0.2) is 26.6 Å². The molecule has 0 saturated carbocycles. The number of thiazole rings is 1. The second-order valence-corrected chi connectivity index (χ2v) is 8.24. The van der Waals surface area contributed by atoms with Crippen molar-refractivity contribution in [1.29, 1.82) is 0 Å². The fraction of sp³-hybridized carbons (Fsp3) is 0.417. The Balaban J connectivity index is 1.86. The molecule has 9 heteroatoms. The summed E-state index contributed by atoms with van der Waals surface area (Å²) < 4.78 is 38.5. The van der Waals surface area contributed by atoms with E-state index < -0.39 is 16.3 Å². The van der Waals surface area contributed by atoms with E-state index in [9.17, 15) is 8.42 Å². The highest BCUT2D eigenvalue weighted by Crippen LogP contribution is 2.34. The molecule has 0 radical (unpaired) electrons. The average Bonchev–Trinajstić information content (AvgIpc) is 3.18. The Morgan fingerprint density at radius 2 is 2.19 bits per heavy atom. The summed E-state index contributed by atoms with van der Waals surface area (Å²) in [6.45, 7) is 2.94. The number of rotatable bonds is 5. The van der Waals surface area contributed by atoms with E-state index in [1.807, 2.05) is 6.92 Å². The van der Waals surface area contributed by atoms with Gasteiger partial charge in [-0.3, -0.25) is 4.72 Å². The predicted octanol–water partition coefficient (Wildman–Crippen LogP) is 2.61. The van der Waals surface area contributed by atoms with Crippen LogP contribution in [0.5, 0.6) is 0 Å². The topological polar surface area (TPSA) is 77.5 Å². The molecule has 1 aliphatic heterocycles. The first kappa shape index (κ1) is 14.9. The Kier molecular flexibility index (Phi) is 4.27. The number of sulfonamides is 1. The molecule has 1 fully saturated rings. The molecule has 0 spiro atoms. The summed E-state index contributed by atoms with van der Waals surface area (Å²) >= 11 is 2.48. The van der Waals surface area contributed by atoms with E-state index in [2.05, 4.69) is 9.71 Å². The molecule has 1 saturated heterocycles. The van der Waals surface area contributed by atoms with Gasteiger partial charge in [0.05, 0.1) is 13.2 Å². The van der Waals surface area contributed by atoms with Gasteiger partial charge in [-0.15, -0.1) is 22.7 Å². The Labute approximate surface area is 130 Å². The maximum Gasteiger partial charge on any atom is 0.273 e. The summed E-state index contributed by atoms with van der Waals surface area (Å²) in [6, 6.07) is 1.72. The fourth-order valence-corrected chi connectivity index (χ4v) is 5.30. The summed E-state index contributed by atoms with van der Waals surface area (Å²) in [6.07, 6.45) is 1.90. The first-order valence-corrected chi connectivity index (χ1v) is 9.56. The SMILES string of the molecule is CCc1cnc(NS(=O)(=O)c2sccc2C2OCCO2)s1. The third-order valence-corrected chi connectivity index (χ3v) is 6.94. The minimum Gasteiger partial charge on any atom is -0.346 e. The molecular formula is C12H14N2O4S3. The molecule has 0 unspecified atom stereocenters. The van der Waals surface area contributed by atoms with Gasteiger partial charge in [-0.1, -0.05) is 6.92 Å². The fourth-order valence-electron chi connectivity index (χ4n) is 1.92. The van der Waals surface area contributed by atoms with Crippen LogP contribution in [0.4, 0.5) is 5.13 Å². The van der Waals surface area contributed by atoms with Crippen molar-refractivity contribution in [2.45, 2.75) is 23.8 Å². The van der Waals surface area contributed by atoms with Crippen LogP contribution in [0.15, 0.2) is 21.9 Å². The van der Waals surface area contributed by atoms with E-state index in [1.54, 1.807) is 17.6 Å². The summed E-state index contributed by atoms with van der Waals surface area (Å²) in [5.41, 5.74) is 0.539. The lowest BCUT2D eigenvalue weighted by Crippen LogP contribution is -2.14. The van der Waals surface area contributed by atoms with Gasteiger partial charge < -0.3 is 9.47 Å². The number of nitrogens with one attached hydrogen (secondary N) is 1. The molecule has 0 bridgehead atoms. The largest absolute Gasteiger partial charge is 0.346 e. The van der Waals surface area contributed by atoms with E-state index >= 15 is 0 Å². The van der Waals surface area contributed by atoms with Crippen LogP contribution in [0.3, 0.4) is 0 Å². The van der Waals surface area contributed by atoms with Gasteiger partial charge in [0.2, 0.25) is 0 Å². The van der Waals surface area contributed by atoms with Crippen LogP contribution < -0.4 is 4.72 Å². The highest BCUT2D eigenvalue weighted by Gasteiger charge is 2.29. The first-order valence-electron chi connectivity index (χ1n) is 6.38. The van der Waals surface area contributed by atoms with Crippen LogP contribution in [0.25, 0.3) is 0 Å². The third kappa shape index (κ3) is 3.11. The molecule has 0 amide bonds. The molecule has 3 rings (SSSR count). The summed E-state index contributed by atoms with van der Waals surface area (Å²) in [7, 11) is -3.68. The zero-order valence-corrected chi connectivity index (χ0v) is 13.7. The van der Waals surface area contributed by atoms with Gasteiger partial charge in [-0.05, 0) is 17.9 Å². The molecule has 1 N–H and O–H groups in total. The van der Waals surface area contributed by atoms with Crippen LogP contribution in [0.2, 0.25) is 0 Å². The maximum absolute atomic E-state index is 12.5. The van der Waals surface area contributed by atoms with E-state index in [0.29, 0.717) is 23.9 Å². The number of aryl methyl sites for hydroxylation is 1. The summed E-state index contributed by atoms with van der Waals surface area (Å²) in [5, 5.41) is 2.09. The van der Waals surface area contributed by atoms with Gasteiger partial charge in [0, 0.05) is 16.6 Å². The lowest BCUT2D eigenvalue weighted by Gasteiger charge is -2.10. The van der Waals surface area contributed by atoms with E-state index in [4.69, 9.17) is 9.47 Å². The number of nitrogens with zero attached hydrogens (tertiary/aromatic N) is 1. The van der Waals surface area contributed by atoms with Crippen molar-refractivity contribution in [3.63, 3.8) is 0 Å². The Morgan fingerprint density at radius 3 is 2.86 bits per heavy atom. The van der Waals surface area contributed by atoms with Crippen molar-refractivity contribution in [2.24, 2.45) is 0 Å². The van der Waals surface area contributed by atoms with E-state index in [-0.39, 0.29) is 4.21 Å². The van der Waals surface area contributed by atoms with Crippen molar-refractivity contribution in [3.05, 3.63) is 28.1 Å². The minimum atomic E-state index is -3.68. The van der Waals surface area contributed by atoms with Gasteiger partial charge in [-0.25, -0.2) is 13.4 Å². The first-order chi connectivity index (χ1) is 10.1. The molecular weight excluding hydrogens is 332 g/mol. The Morgan fingerprint density at radius 1 is 1.43 bits per heavy atom. The normalized spacial score (nSPS) is 16.4. The van der Waals surface area contributed by atoms with Crippen LogP contribution in [0.1, 0.15) is 23.7 Å². The highest BCUT2D eigenvalue weighted by molar-refractivity contribution is 7.94. The highest BCUT2D eigenvalue weighted by atomic mass is 32.2. The number of ether oxygens (including phenoxy) is 2. The van der Waals surface area contributed by atoms with Crippen molar-refractivity contribution in [3.8, 4) is 0 Å². The Hall–Kier alpha value is -1.00. The van der Waals surface area contributed by atoms with Gasteiger partial charge in [0.25, 0.3) is 10.0 Å². The Bertz CT molecular complexity index is 716.